The Bertz CT molecular complexity index is 350. The molecule has 1 rings (SSSR count). The zero-order valence-electron chi connectivity index (χ0n) is 8.32. The number of nitrogens with two attached hydrogens (primary N) is 1. The summed E-state index contributed by atoms with van der Waals surface area (Å²) in [5.74, 6) is 0. The molecule has 1 aromatic rings. The van der Waals surface area contributed by atoms with Crippen molar-refractivity contribution in [3.8, 4) is 0 Å². The molecule has 0 bridgehead atoms. The van der Waals surface area contributed by atoms with E-state index in [2.05, 4.69) is 0 Å². The second-order valence-electron chi connectivity index (χ2n) is 3.02. The smallest absolute Gasteiger partial charge is 0.411 e. The standard InChI is InChI=1S/C10H14N2O2/c1-3-12(10(13)14)9-6-4-5-8(11)7(9)2/h4-6H,3,11H2,1-2H3,(H,13,14). The van der Waals surface area contributed by atoms with Crippen LogP contribution in [0.3, 0.4) is 0 Å². The number of nitrogen functional groups attached to an aromatic ring is 1. The predicted molar refractivity (Wildman–Crippen MR) is 56.6 cm³/mol. The van der Waals surface area contributed by atoms with Gasteiger partial charge in [-0.3, -0.25) is 4.90 Å². The Balaban J connectivity index is 3.16. The molecular formula is C10H14N2O2. The monoisotopic (exact) mass is 194 g/mol. The van der Waals surface area contributed by atoms with Gasteiger partial charge in [0.25, 0.3) is 0 Å². The van der Waals surface area contributed by atoms with E-state index in [-0.39, 0.29) is 0 Å². The summed E-state index contributed by atoms with van der Waals surface area (Å²) in [6.45, 7) is 4.02. The van der Waals surface area contributed by atoms with Crippen LogP contribution in [0.5, 0.6) is 0 Å². The number of hydrogen-bond donors (Lipinski definition) is 2. The molecule has 1 aromatic carbocycles. The molecule has 0 saturated carbocycles. The number of carbonyl (C=O) groups is 1. The van der Waals surface area contributed by atoms with Crippen LogP contribution in [0.4, 0.5) is 16.2 Å². The first kappa shape index (κ1) is 10.4. The van der Waals surface area contributed by atoms with Gasteiger partial charge in [-0.2, -0.15) is 0 Å². The highest BCUT2D eigenvalue weighted by atomic mass is 16.4. The molecular weight excluding hydrogens is 180 g/mol. The van der Waals surface area contributed by atoms with Crippen molar-refractivity contribution < 1.29 is 9.90 Å². The van der Waals surface area contributed by atoms with Crippen LogP contribution in [0.1, 0.15) is 12.5 Å². The number of anilines is 2. The van der Waals surface area contributed by atoms with Gasteiger partial charge >= 0.3 is 6.09 Å². The molecule has 76 valence electrons. The molecule has 0 spiro atoms. The summed E-state index contributed by atoms with van der Waals surface area (Å²) < 4.78 is 0. The Kier molecular flexibility index (Phi) is 2.96. The van der Waals surface area contributed by atoms with E-state index >= 15 is 0 Å². The number of benzene rings is 1. The predicted octanol–water partition coefficient (Wildman–Crippen LogP) is 2.08. The maximum Gasteiger partial charge on any atom is 0.411 e. The maximum absolute atomic E-state index is 10.9. The second-order valence-corrected chi connectivity index (χ2v) is 3.02. The Morgan fingerprint density at radius 3 is 2.71 bits per heavy atom. The zero-order chi connectivity index (χ0) is 10.7. The Morgan fingerprint density at radius 1 is 1.57 bits per heavy atom. The largest absolute Gasteiger partial charge is 0.465 e. The van der Waals surface area contributed by atoms with Crippen LogP contribution in [0.15, 0.2) is 18.2 Å². The number of nitrogens with zero attached hydrogens (tertiary/aromatic N) is 1. The first-order valence-electron chi connectivity index (χ1n) is 4.43. The fourth-order valence-electron chi connectivity index (χ4n) is 1.34. The van der Waals surface area contributed by atoms with Crippen molar-refractivity contribution >= 4 is 17.5 Å². The number of carboxylic acid groups (broad SMARTS) is 1. The van der Waals surface area contributed by atoms with Crippen molar-refractivity contribution in [3.63, 3.8) is 0 Å². The number of rotatable bonds is 2. The minimum atomic E-state index is -0.957. The fraction of sp³-hybridized carbons (Fsp3) is 0.300. The first-order chi connectivity index (χ1) is 6.57. The van der Waals surface area contributed by atoms with Gasteiger partial charge in [0.15, 0.2) is 0 Å². The van der Waals surface area contributed by atoms with Crippen molar-refractivity contribution in [1.29, 1.82) is 0 Å². The zero-order valence-corrected chi connectivity index (χ0v) is 8.32. The van der Waals surface area contributed by atoms with Crippen molar-refractivity contribution in [2.75, 3.05) is 17.2 Å². The molecule has 0 atom stereocenters. The molecule has 0 aromatic heterocycles. The number of amides is 1. The van der Waals surface area contributed by atoms with E-state index in [1.807, 2.05) is 6.92 Å². The van der Waals surface area contributed by atoms with Crippen LogP contribution in [-0.4, -0.2) is 17.7 Å². The van der Waals surface area contributed by atoms with E-state index < -0.39 is 6.09 Å². The average molecular weight is 194 g/mol. The van der Waals surface area contributed by atoms with Crippen LogP contribution in [0, 0.1) is 6.92 Å². The van der Waals surface area contributed by atoms with Crippen LogP contribution in [-0.2, 0) is 0 Å². The van der Waals surface area contributed by atoms with Gasteiger partial charge < -0.3 is 10.8 Å². The summed E-state index contributed by atoms with van der Waals surface area (Å²) in [6, 6.07) is 5.26. The Labute approximate surface area is 82.9 Å². The van der Waals surface area contributed by atoms with Gasteiger partial charge in [0.1, 0.15) is 0 Å². The summed E-state index contributed by atoms with van der Waals surface area (Å²) >= 11 is 0. The van der Waals surface area contributed by atoms with E-state index in [1.54, 1.807) is 25.1 Å². The van der Waals surface area contributed by atoms with E-state index in [0.29, 0.717) is 17.9 Å². The van der Waals surface area contributed by atoms with E-state index in [4.69, 9.17) is 10.8 Å². The molecule has 0 saturated heterocycles. The molecule has 0 aliphatic heterocycles. The summed E-state index contributed by atoms with van der Waals surface area (Å²) in [4.78, 5) is 12.1. The molecule has 1 amide bonds. The average Bonchev–Trinajstić information content (AvgIpc) is 2.13. The maximum atomic E-state index is 10.9. The normalized spacial score (nSPS) is 9.86. The Hall–Kier alpha value is -1.71. The van der Waals surface area contributed by atoms with E-state index in [0.717, 1.165) is 5.56 Å². The summed E-state index contributed by atoms with van der Waals surface area (Å²) in [7, 11) is 0. The number of hydrogen-bond acceptors (Lipinski definition) is 2. The minimum Gasteiger partial charge on any atom is -0.465 e. The lowest BCUT2D eigenvalue weighted by atomic mass is 10.1. The van der Waals surface area contributed by atoms with Crippen LogP contribution >= 0.6 is 0 Å². The molecule has 4 heteroatoms. The van der Waals surface area contributed by atoms with Crippen LogP contribution in [0.2, 0.25) is 0 Å². The van der Waals surface area contributed by atoms with Gasteiger partial charge in [0.05, 0.1) is 5.69 Å². The fourth-order valence-corrected chi connectivity index (χ4v) is 1.34. The molecule has 4 nitrogen and oxygen atoms in total. The van der Waals surface area contributed by atoms with Gasteiger partial charge in [-0.05, 0) is 31.5 Å². The van der Waals surface area contributed by atoms with Crippen molar-refractivity contribution in [3.05, 3.63) is 23.8 Å². The minimum absolute atomic E-state index is 0.416. The Morgan fingerprint density at radius 2 is 2.21 bits per heavy atom. The van der Waals surface area contributed by atoms with Crippen molar-refractivity contribution in [1.82, 2.24) is 0 Å². The lowest BCUT2D eigenvalue weighted by Gasteiger charge is -2.19. The molecule has 0 aliphatic rings. The van der Waals surface area contributed by atoms with Crippen molar-refractivity contribution in [2.45, 2.75) is 13.8 Å². The first-order valence-corrected chi connectivity index (χ1v) is 4.43. The topological polar surface area (TPSA) is 66.6 Å². The molecule has 0 unspecified atom stereocenters. The van der Waals surface area contributed by atoms with Crippen LogP contribution in [0.25, 0.3) is 0 Å². The second kappa shape index (κ2) is 4.00. The summed E-state index contributed by atoms with van der Waals surface area (Å²) in [5, 5.41) is 8.93. The molecule has 0 radical (unpaired) electrons. The quantitative estimate of drug-likeness (QED) is 0.708. The van der Waals surface area contributed by atoms with Gasteiger partial charge in [0.2, 0.25) is 0 Å². The van der Waals surface area contributed by atoms with E-state index in [9.17, 15) is 4.79 Å². The van der Waals surface area contributed by atoms with Gasteiger partial charge in [-0.15, -0.1) is 0 Å². The molecule has 0 aliphatic carbocycles. The van der Waals surface area contributed by atoms with Gasteiger partial charge in [-0.25, -0.2) is 4.79 Å². The summed E-state index contributed by atoms with van der Waals surface area (Å²) in [5.41, 5.74) is 7.76. The highest BCUT2D eigenvalue weighted by Gasteiger charge is 2.14. The SMILES string of the molecule is CCN(C(=O)O)c1cccc(N)c1C. The molecule has 0 fully saturated rings. The van der Waals surface area contributed by atoms with E-state index in [1.165, 1.54) is 4.90 Å². The third-order valence-electron chi connectivity index (χ3n) is 2.19. The highest BCUT2D eigenvalue weighted by Crippen LogP contribution is 2.24. The van der Waals surface area contributed by atoms with Crippen molar-refractivity contribution in [2.24, 2.45) is 0 Å². The summed E-state index contributed by atoms with van der Waals surface area (Å²) in [6.07, 6.45) is -0.957. The van der Waals surface area contributed by atoms with Crippen LogP contribution < -0.4 is 10.6 Å². The molecule has 14 heavy (non-hydrogen) atoms. The third kappa shape index (κ3) is 1.79. The molecule has 3 N–H and O–H groups in total. The van der Waals surface area contributed by atoms with Gasteiger partial charge in [0, 0.05) is 12.2 Å². The lowest BCUT2D eigenvalue weighted by Crippen LogP contribution is -2.29. The van der Waals surface area contributed by atoms with Gasteiger partial charge in [-0.1, -0.05) is 6.07 Å². The highest BCUT2D eigenvalue weighted by molar-refractivity contribution is 5.88. The third-order valence-corrected chi connectivity index (χ3v) is 2.19. The molecule has 0 heterocycles. The lowest BCUT2D eigenvalue weighted by molar-refractivity contribution is 0.202.